The second-order valence-corrected chi connectivity index (χ2v) is 10.2. The molecule has 3 nitrogen and oxygen atoms in total. The molecular weight excluding hydrogens is 500 g/mol. The normalized spacial score (nSPS) is 12.5. The highest BCUT2D eigenvalue weighted by molar-refractivity contribution is 6.17. The largest absolute Gasteiger partial charge is 0.456 e. The van der Waals surface area contributed by atoms with Crippen molar-refractivity contribution >= 4 is 27.8 Å². The van der Waals surface area contributed by atoms with Crippen LogP contribution in [0.3, 0.4) is 0 Å². The van der Waals surface area contributed by atoms with Crippen molar-refractivity contribution in [2.45, 2.75) is 6.04 Å². The molecule has 0 aliphatic rings. The molecule has 41 heavy (non-hydrogen) atoms. The second-order valence-electron chi connectivity index (χ2n) is 10.2. The Labute approximate surface area is 239 Å². The number of fused-ring (bicyclic) bond motifs is 3. The lowest BCUT2D eigenvalue weighted by molar-refractivity contribution is 0.669. The summed E-state index contributed by atoms with van der Waals surface area (Å²) < 4.78 is 6.32. The third-order valence-corrected chi connectivity index (χ3v) is 7.60. The van der Waals surface area contributed by atoms with Gasteiger partial charge in [0.1, 0.15) is 23.0 Å². The Morgan fingerprint density at radius 3 is 1.76 bits per heavy atom. The van der Waals surface area contributed by atoms with E-state index in [-0.39, 0.29) is 6.04 Å². The van der Waals surface area contributed by atoms with Gasteiger partial charge in [-0.3, -0.25) is 4.99 Å². The van der Waals surface area contributed by atoms with E-state index in [9.17, 15) is 0 Å². The van der Waals surface area contributed by atoms with Gasteiger partial charge in [-0.2, -0.15) is 0 Å². The lowest BCUT2D eigenvalue weighted by atomic mass is 9.96. The molecule has 0 aliphatic heterocycles. The van der Waals surface area contributed by atoms with Gasteiger partial charge >= 0.3 is 0 Å². The Bertz CT molecular complexity index is 1970. The predicted molar refractivity (Wildman–Crippen MR) is 170 cm³/mol. The van der Waals surface area contributed by atoms with Gasteiger partial charge in [-0.05, 0) is 51.6 Å². The molecule has 0 aliphatic carbocycles. The second kappa shape index (κ2) is 10.6. The van der Waals surface area contributed by atoms with Crippen LogP contribution in [0, 0.1) is 0 Å². The van der Waals surface area contributed by atoms with Crippen LogP contribution in [0.4, 0.5) is 0 Å². The van der Waals surface area contributed by atoms with E-state index < -0.39 is 0 Å². The zero-order valence-corrected chi connectivity index (χ0v) is 22.4. The molecule has 1 heterocycles. The Hall–Kier alpha value is -5.41. The molecule has 1 aromatic heterocycles. The fourth-order valence-electron chi connectivity index (χ4n) is 5.52. The number of rotatable bonds is 6. The summed E-state index contributed by atoms with van der Waals surface area (Å²) in [6.45, 7) is 0. The van der Waals surface area contributed by atoms with E-state index in [1.165, 1.54) is 11.1 Å². The van der Waals surface area contributed by atoms with Gasteiger partial charge in [0, 0.05) is 16.3 Å². The van der Waals surface area contributed by atoms with Gasteiger partial charge in [0.15, 0.2) is 0 Å². The van der Waals surface area contributed by atoms with E-state index in [0.717, 1.165) is 49.8 Å². The lowest BCUT2D eigenvalue weighted by Gasteiger charge is -2.16. The molecule has 3 heteroatoms. The molecule has 196 valence electrons. The van der Waals surface area contributed by atoms with Crippen molar-refractivity contribution in [3.05, 3.63) is 168 Å². The maximum atomic E-state index is 6.84. The van der Waals surface area contributed by atoms with E-state index >= 15 is 0 Å². The number of benzene rings is 6. The van der Waals surface area contributed by atoms with Crippen LogP contribution < -0.4 is 5.73 Å². The molecular formula is C38H28N2O. The van der Waals surface area contributed by atoms with Crippen molar-refractivity contribution in [2.24, 2.45) is 10.7 Å². The molecule has 6 aromatic carbocycles. The number of nitrogens with two attached hydrogens (primary N) is 1. The highest BCUT2D eigenvalue weighted by Gasteiger charge is 2.18. The number of nitrogens with zero attached hydrogens (tertiary/aromatic N) is 1. The number of hydrogen-bond acceptors (Lipinski definition) is 2. The maximum absolute atomic E-state index is 6.84. The van der Waals surface area contributed by atoms with Crippen molar-refractivity contribution in [3.63, 3.8) is 0 Å². The monoisotopic (exact) mass is 528 g/mol. The Balaban J connectivity index is 1.32. The van der Waals surface area contributed by atoms with E-state index in [1.54, 1.807) is 0 Å². The number of aliphatic imine (C=N–C) groups is 1. The predicted octanol–water partition coefficient (Wildman–Crippen LogP) is 9.41. The summed E-state index contributed by atoms with van der Waals surface area (Å²) in [7, 11) is 0. The number of furan rings is 1. The SMILES string of the molecule is NC(=NC(c1ccccc1)c1ccc(-c2ccccc2)cc1)c1cccc2oc3cc(-c4ccccc4)ccc3c12. The Kier molecular flexibility index (Phi) is 6.38. The van der Waals surface area contributed by atoms with Crippen molar-refractivity contribution in [3.8, 4) is 22.3 Å². The van der Waals surface area contributed by atoms with Crippen LogP contribution in [0.2, 0.25) is 0 Å². The molecule has 0 fully saturated rings. The van der Waals surface area contributed by atoms with Gasteiger partial charge in [-0.1, -0.05) is 133 Å². The summed E-state index contributed by atoms with van der Waals surface area (Å²) in [6.07, 6.45) is 0. The van der Waals surface area contributed by atoms with Crippen LogP contribution in [0.5, 0.6) is 0 Å². The molecule has 1 atom stereocenters. The molecule has 7 rings (SSSR count). The highest BCUT2D eigenvalue weighted by Crippen LogP contribution is 2.35. The minimum Gasteiger partial charge on any atom is -0.456 e. The molecule has 0 saturated carbocycles. The summed E-state index contributed by atoms with van der Waals surface area (Å²) in [5.41, 5.74) is 16.1. The number of amidine groups is 1. The van der Waals surface area contributed by atoms with Gasteiger partial charge in [0.2, 0.25) is 0 Å². The van der Waals surface area contributed by atoms with Crippen LogP contribution in [0.1, 0.15) is 22.7 Å². The topological polar surface area (TPSA) is 51.5 Å². The maximum Gasteiger partial charge on any atom is 0.136 e. The minimum absolute atomic E-state index is 0.251. The average molecular weight is 529 g/mol. The molecule has 0 bridgehead atoms. The molecule has 1 unspecified atom stereocenters. The molecule has 0 radical (unpaired) electrons. The van der Waals surface area contributed by atoms with Gasteiger partial charge in [-0.25, -0.2) is 0 Å². The van der Waals surface area contributed by atoms with E-state index in [0.29, 0.717) is 5.84 Å². The summed E-state index contributed by atoms with van der Waals surface area (Å²) in [5, 5.41) is 2.01. The smallest absolute Gasteiger partial charge is 0.136 e. The molecule has 2 N–H and O–H groups in total. The fraction of sp³-hybridized carbons (Fsp3) is 0.0263. The van der Waals surface area contributed by atoms with Crippen molar-refractivity contribution < 1.29 is 4.42 Å². The summed E-state index contributed by atoms with van der Waals surface area (Å²) in [5.74, 6) is 0.478. The van der Waals surface area contributed by atoms with Gasteiger partial charge in [0.25, 0.3) is 0 Å². The highest BCUT2D eigenvalue weighted by atomic mass is 16.3. The van der Waals surface area contributed by atoms with Crippen molar-refractivity contribution in [1.29, 1.82) is 0 Å². The lowest BCUT2D eigenvalue weighted by Crippen LogP contribution is -2.16. The first-order chi connectivity index (χ1) is 20.2. The Morgan fingerprint density at radius 1 is 0.512 bits per heavy atom. The van der Waals surface area contributed by atoms with Crippen molar-refractivity contribution in [2.75, 3.05) is 0 Å². The average Bonchev–Trinajstić information content (AvgIpc) is 3.43. The Morgan fingerprint density at radius 2 is 1.07 bits per heavy atom. The first-order valence-electron chi connectivity index (χ1n) is 13.8. The standard InChI is InChI=1S/C38H28N2O/c39-38(33-17-10-18-34-36(33)32-24-23-31(25-35(32)41-34)27-13-6-2-7-14-27)40-37(29-15-8-3-9-16-29)30-21-19-28(20-22-30)26-11-4-1-5-12-26/h1-25,37H,(H2,39,40). The summed E-state index contributed by atoms with van der Waals surface area (Å²) >= 11 is 0. The minimum atomic E-state index is -0.251. The van der Waals surface area contributed by atoms with Crippen LogP contribution in [0.15, 0.2) is 161 Å². The van der Waals surface area contributed by atoms with Gasteiger partial charge in [-0.15, -0.1) is 0 Å². The van der Waals surface area contributed by atoms with Crippen LogP contribution in [-0.2, 0) is 0 Å². The fourth-order valence-corrected chi connectivity index (χ4v) is 5.52. The first kappa shape index (κ1) is 24.6. The molecule has 0 saturated heterocycles. The molecule has 0 amide bonds. The zero-order valence-electron chi connectivity index (χ0n) is 22.4. The molecule has 0 spiro atoms. The summed E-state index contributed by atoms with van der Waals surface area (Å²) in [4.78, 5) is 5.14. The third kappa shape index (κ3) is 4.79. The van der Waals surface area contributed by atoms with Crippen LogP contribution in [0.25, 0.3) is 44.2 Å². The summed E-state index contributed by atoms with van der Waals surface area (Å²) in [6, 6.07) is 51.8. The first-order valence-corrected chi connectivity index (χ1v) is 13.8. The third-order valence-electron chi connectivity index (χ3n) is 7.60. The van der Waals surface area contributed by atoms with Crippen molar-refractivity contribution in [1.82, 2.24) is 0 Å². The van der Waals surface area contributed by atoms with Crippen LogP contribution >= 0.6 is 0 Å². The zero-order chi connectivity index (χ0) is 27.6. The quantitative estimate of drug-likeness (QED) is 0.173. The van der Waals surface area contributed by atoms with Gasteiger partial charge in [0.05, 0.1) is 0 Å². The van der Waals surface area contributed by atoms with E-state index in [4.69, 9.17) is 15.1 Å². The molecule has 7 aromatic rings. The van der Waals surface area contributed by atoms with Crippen LogP contribution in [-0.4, -0.2) is 5.84 Å². The van der Waals surface area contributed by atoms with E-state index in [1.807, 2.05) is 60.7 Å². The van der Waals surface area contributed by atoms with Gasteiger partial charge < -0.3 is 10.2 Å². The number of hydrogen-bond donors (Lipinski definition) is 1. The van der Waals surface area contributed by atoms with E-state index in [2.05, 4.69) is 91.0 Å².